The minimum atomic E-state index is 0.547. The third-order valence-electron chi connectivity index (χ3n) is 4.52. The topological polar surface area (TPSA) is 67.1 Å². The molecule has 0 aliphatic heterocycles. The van der Waals surface area contributed by atoms with Crippen molar-refractivity contribution >= 4 is 23.0 Å². The Balaban J connectivity index is 1.72. The van der Waals surface area contributed by atoms with E-state index in [1.165, 1.54) is 24.0 Å². The second kappa shape index (κ2) is 9.03. The molecule has 0 saturated heterocycles. The summed E-state index contributed by atoms with van der Waals surface area (Å²) in [6.45, 7) is 2.94. The monoisotopic (exact) mass is 361 g/mol. The summed E-state index contributed by atoms with van der Waals surface area (Å²) in [5.74, 6) is 1.34. The fourth-order valence-electron chi connectivity index (χ4n) is 2.99. The fourth-order valence-corrected chi connectivity index (χ4v) is 2.99. The molecule has 0 aliphatic carbocycles. The molecule has 0 aliphatic rings. The van der Waals surface area contributed by atoms with Gasteiger partial charge in [0.1, 0.15) is 12.0 Å². The zero-order valence-electron chi connectivity index (χ0n) is 16.0. The SMILES string of the molecule is CCCCc1ccc(Nc2ncnc(N(C)Cc3ccccc3)c2N)cc1. The molecule has 1 heterocycles. The Labute approximate surface area is 161 Å². The normalized spacial score (nSPS) is 10.6. The van der Waals surface area contributed by atoms with Crippen molar-refractivity contribution in [1.29, 1.82) is 0 Å². The highest BCUT2D eigenvalue weighted by atomic mass is 15.2. The number of aryl methyl sites for hydroxylation is 1. The number of unbranched alkanes of at least 4 members (excludes halogenated alkanes) is 1. The maximum absolute atomic E-state index is 6.35. The zero-order valence-corrected chi connectivity index (χ0v) is 16.0. The lowest BCUT2D eigenvalue weighted by Gasteiger charge is -2.21. The van der Waals surface area contributed by atoms with Crippen LogP contribution in [0, 0.1) is 0 Å². The molecule has 0 radical (unpaired) electrons. The number of hydrogen-bond donors (Lipinski definition) is 2. The number of nitrogen functional groups attached to an aromatic ring is 1. The van der Waals surface area contributed by atoms with Crippen LogP contribution in [0.5, 0.6) is 0 Å². The smallest absolute Gasteiger partial charge is 0.159 e. The third-order valence-corrected chi connectivity index (χ3v) is 4.52. The van der Waals surface area contributed by atoms with Crippen LogP contribution < -0.4 is 16.0 Å². The lowest BCUT2D eigenvalue weighted by molar-refractivity contribution is 0.795. The Morgan fingerprint density at radius 2 is 1.70 bits per heavy atom. The summed E-state index contributed by atoms with van der Waals surface area (Å²) in [6, 6.07) is 18.7. The van der Waals surface area contributed by atoms with Crippen LogP contribution in [0.1, 0.15) is 30.9 Å². The Hall–Kier alpha value is -3.08. The first-order chi connectivity index (χ1) is 13.2. The van der Waals surface area contributed by atoms with Crippen molar-refractivity contribution in [2.75, 3.05) is 23.0 Å². The molecule has 3 aromatic rings. The van der Waals surface area contributed by atoms with Crippen LogP contribution in [0.3, 0.4) is 0 Å². The lowest BCUT2D eigenvalue weighted by atomic mass is 10.1. The molecule has 1 aromatic heterocycles. The summed E-state index contributed by atoms with van der Waals surface area (Å²) < 4.78 is 0. The minimum absolute atomic E-state index is 0.547. The van der Waals surface area contributed by atoms with Crippen LogP contribution in [0.25, 0.3) is 0 Å². The molecule has 0 atom stereocenters. The molecule has 0 spiro atoms. The molecular formula is C22H27N5. The molecular weight excluding hydrogens is 334 g/mol. The number of nitrogens with zero attached hydrogens (tertiary/aromatic N) is 3. The van der Waals surface area contributed by atoms with E-state index in [0.29, 0.717) is 11.5 Å². The number of rotatable bonds is 8. The van der Waals surface area contributed by atoms with Gasteiger partial charge in [0.15, 0.2) is 11.6 Å². The van der Waals surface area contributed by atoms with Crippen LogP contribution in [-0.2, 0) is 13.0 Å². The lowest BCUT2D eigenvalue weighted by Crippen LogP contribution is -2.20. The number of nitrogens with one attached hydrogen (secondary N) is 1. The fraction of sp³-hybridized carbons (Fsp3) is 0.273. The molecule has 0 saturated carbocycles. The molecule has 2 aromatic carbocycles. The number of nitrogens with two attached hydrogens (primary N) is 1. The van der Waals surface area contributed by atoms with Crippen LogP contribution in [0.2, 0.25) is 0 Å². The molecule has 0 unspecified atom stereocenters. The van der Waals surface area contributed by atoms with Crippen molar-refractivity contribution in [3.8, 4) is 0 Å². The van der Waals surface area contributed by atoms with Crippen molar-refractivity contribution < 1.29 is 0 Å². The van der Waals surface area contributed by atoms with Gasteiger partial charge in [-0.15, -0.1) is 0 Å². The Morgan fingerprint density at radius 1 is 0.963 bits per heavy atom. The summed E-state index contributed by atoms with van der Waals surface area (Å²) in [5, 5.41) is 3.31. The minimum Gasteiger partial charge on any atom is -0.393 e. The summed E-state index contributed by atoms with van der Waals surface area (Å²) in [6.07, 6.45) is 5.07. The van der Waals surface area contributed by atoms with E-state index < -0.39 is 0 Å². The Bertz CT molecular complexity index is 846. The van der Waals surface area contributed by atoms with Crippen molar-refractivity contribution in [2.45, 2.75) is 32.7 Å². The predicted octanol–water partition coefficient (Wildman–Crippen LogP) is 4.78. The van der Waals surface area contributed by atoms with E-state index >= 15 is 0 Å². The third kappa shape index (κ3) is 4.97. The summed E-state index contributed by atoms with van der Waals surface area (Å²) >= 11 is 0. The number of hydrogen-bond acceptors (Lipinski definition) is 5. The predicted molar refractivity (Wildman–Crippen MR) is 113 cm³/mol. The molecule has 3 N–H and O–H groups in total. The van der Waals surface area contributed by atoms with Crippen LogP contribution in [0.15, 0.2) is 60.9 Å². The van der Waals surface area contributed by atoms with Crippen molar-refractivity contribution in [1.82, 2.24) is 9.97 Å². The van der Waals surface area contributed by atoms with Crippen LogP contribution in [0.4, 0.5) is 23.0 Å². The average Bonchev–Trinajstić information content (AvgIpc) is 2.69. The Morgan fingerprint density at radius 3 is 2.41 bits per heavy atom. The quantitative estimate of drug-likeness (QED) is 0.604. The second-order valence-corrected chi connectivity index (χ2v) is 6.73. The van der Waals surface area contributed by atoms with Gasteiger partial charge in [0.05, 0.1) is 0 Å². The molecule has 5 heteroatoms. The molecule has 3 rings (SSSR count). The van der Waals surface area contributed by atoms with Gasteiger partial charge in [-0.2, -0.15) is 0 Å². The maximum atomic E-state index is 6.35. The van der Waals surface area contributed by atoms with Crippen LogP contribution >= 0.6 is 0 Å². The van der Waals surface area contributed by atoms with Gasteiger partial charge in [0.2, 0.25) is 0 Å². The summed E-state index contributed by atoms with van der Waals surface area (Å²) in [5.41, 5.74) is 10.4. The molecule has 0 fully saturated rings. The van der Waals surface area contributed by atoms with Gasteiger partial charge < -0.3 is 16.0 Å². The number of anilines is 4. The highest BCUT2D eigenvalue weighted by Crippen LogP contribution is 2.28. The van der Waals surface area contributed by atoms with Gasteiger partial charge in [-0.25, -0.2) is 9.97 Å². The van der Waals surface area contributed by atoms with E-state index in [1.54, 1.807) is 6.33 Å². The first-order valence-electron chi connectivity index (χ1n) is 9.39. The van der Waals surface area contributed by atoms with E-state index in [1.807, 2.05) is 30.1 Å². The molecule has 0 bridgehead atoms. The Kier molecular flexibility index (Phi) is 6.26. The highest BCUT2D eigenvalue weighted by molar-refractivity contribution is 5.78. The first kappa shape index (κ1) is 18.7. The number of aromatic nitrogens is 2. The van der Waals surface area contributed by atoms with E-state index in [-0.39, 0.29) is 0 Å². The van der Waals surface area contributed by atoms with Crippen molar-refractivity contribution in [2.24, 2.45) is 0 Å². The largest absolute Gasteiger partial charge is 0.393 e. The van der Waals surface area contributed by atoms with Crippen molar-refractivity contribution in [3.05, 3.63) is 72.1 Å². The molecule has 27 heavy (non-hydrogen) atoms. The molecule has 0 amide bonds. The van der Waals surface area contributed by atoms with Crippen molar-refractivity contribution in [3.63, 3.8) is 0 Å². The van der Waals surface area contributed by atoms with Gasteiger partial charge in [-0.3, -0.25) is 0 Å². The maximum Gasteiger partial charge on any atom is 0.159 e. The van der Waals surface area contributed by atoms with E-state index in [2.05, 4.69) is 58.6 Å². The van der Waals surface area contributed by atoms with Gasteiger partial charge in [-0.1, -0.05) is 55.8 Å². The molecule has 5 nitrogen and oxygen atoms in total. The first-order valence-corrected chi connectivity index (χ1v) is 9.39. The van der Waals surface area contributed by atoms with E-state index in [0.717, 1.165) is 24.5 Å². The average molecular weight is 361 g/mol. The van der Waals surface area contributed by atoms with Gasteiger partial charge in [0, 0.05) is 19.3 Å². The zero-order chi connectivity index (χ0) is 19.1. The number of benzene rings is 2. The standard InChI is InChI=1S/C22H27N5/c1-3-4-8-17-11-13-19(14-12-17)26-21-20(23)22(25-16-24-21)27(2)15-18-9-6-5-7-10-18/h5-7,9-14,16H,3-4,8,15,23H2,1-2H3,(H,24,25,26). The highest BCUT2D eigenvalue weighted by Gasteiger charge is 2.12. The van der Waals surface area contributed by atoms with E-state index in [4.69, 9.17) is 5.73 Å². The van der Waals surface area contributed by atoms with Gasteiger partial charge in [0.25, 0.3) is 0 Å². The summed E-state index contributed by atoms with van der Waals surface area (Å²) in [7, 11) is 1.98. The van der Waals surface area contributed by atoms with Gasteiger partial charge >= 0.3 is 0 Å². The summed E-state index contributed by atoms with van der Waals surface area (Å²) in [4.78, 5) is 10.7. The second-order valence-electron chi connectivity index (χ2n) is 6.73. The molecule has 140 valence electrons. The van der Waals surface area contributed by atoms with Crippen LogP contribution in [-0.4, -0.2) is 17.0 Å². The van der Waals surface area contributed by atoms with E-state index in [9.17, 15) is 0 Å². The van der Waals surface area contributed by atoms with Gasteiger partial charge in [-0.05, 0) is 36.1 Å².